The molecule has 0 spiro atoms. The first-order valence-electron chi connectivity index (χ1n) is 10.8. The Hall–Kier alpha value is -5.03. The minimum Gasteiger partial charge on any atom is -0.478 e. The van der Waals surface area contributed by atoms with Crippen molar-refractivity contribution in [1.82, 2.24) is 9.78 Å². The zero-order valence-electron chi connectivity index (χ0n) is 18.3. The van der Waals surface area contributed by atoms with Crippen LogP contribution in [0, 0.1) is 17.2 Å². The summed E-state index contributed by atoms with van der Waals surface area (Å²) < 4.78 is 1.57. The van der Waals surface area contributed by atoms with E-state index in [0.717, 1.165) is 0 Å². The molecule has 1 aliphatic rings. The highest BCUT2D eigenvalue weighted by Gasteiger charge is 2.37. The highest BCUT2D eigenvalue weighted by Crippen LogP contribution is 2.41. The van der Waals surface area contributed by atoms with E-state index in [1.54, 1.807) is 53.2 Å². The second kappa shape index (κ2) is 8.72. The predicted octanol–water partition coefficient (Wildman–Crippen LogP) is 4.10. The second-order valence-electron chi connectivity index (χ2n) is 8.02. The topological polar surface area (TPSA) is 125 Å². The van der Waals surface area contributed by atoms with Gasteiger partial charge in [0.1, 0.15) is 5.69 Å². The average molecular weight is 462 g/mol. The van der Waals surface area contributed by atoms with E-state index in [1.165, 1.54) is 6.07 Å². The lowest BCUT2D eigenvalue weighted by molar-refractivity contribution is -0.117. The van der Waals surface area contributed by atoms with Gasteiger partial charge in [-0.1, -0.05) is 48.5 Å². The van der Waals surface area contributed by atoms with Crippen molar-refractivity contribution in [3.63, 3.8) is 0 Å². The largest absolute Gasteiger partial charge is 0.478 e. The molecule has 0 bridgehead atoms. The smallest absolute Gasteiger partial charge is 0.335 e. The first-order chi connectivity index (χ1) is 17.0. The third kappa shape index (κ3) is 3.75. The fourth-order valence-electron chi connectivity index (χ4n) is 4.33. The highest BCUT2D eigenvalue weighted by molar-refractivity contribution is 6.16. The van der Waals surface area contributed by atoms with Gasteiger partial charge in [-0.05, 0) is 35.9 Å². The van der Waals surface area contributed by atoms with E-state index in [9.17, 15) is 24.8 Å². The molecule has 3 aromatic carbocycles. The lowest BCUT2D eigenvalue weighted by atomic mass is 9.98. The molecule has 1 unspecified atom stereocenters. The van der Waals surface area contributed by atoms with Crippen LogP contribution in [0.15, 0.2) is 78.9 Å². The summed E-state index contributed by atoms with van der Waals surface area (Å²) in [5.74, 6) is -4.19. The van der Waals surface area contributed by atoms with Gasteiger partial charge in [0.25, 0.3) is 0 Å². The molecule has 0 aliphatic heterocycles. The summed E-state index contributed by atoms with van der Waals surface area (Å²) in [6.45, 7) is 0. The average Bonchev–Trinajstić information content (AvgIpc) is 3.43. The summed E-state index contributed by atoms with van der Waals surface area (Å²) >= 11 is 0. The third-order valence-electron chi connectivity index (χ3n) is 5.93. The fraction of sp³-hybridized carbons (Fsp3) is 0.0741. The van der Waals surface area contributed by atoms with Crippen LogP contribution in [0.2, 0.25) is 0 Å². The summed E-state index contributed by atoms with van der Waals surface area (Å²) in [7, 11) is 0. The number of anilines is 1. The van der Waals surface area contributed by atoms with Gasteiger partial charge in [-0.2, -0.15) is 10.4 Å². The maximum Gasteiger partial charge on any atom is 0.335 e. The van der Waals surface area contributed by atoms with Crippen molar-refractivity contribution in [2.75, 3.05) is 5.32 Å². The quantitative estimate of drug-likeness (QED) is 0.289. The van der Waals surface area contributed by atoms with Crippen LogP contribution in [0.5, 0.6) is 0 Å². The number of nitriles is 1. The van der Waals surface area contributed by atoms with Crippen LogP contribution in [0.25, 0.3) is 16.9 Å². The van der Waals surface area contributed by atoms with Gasteiger partial charge < -0.3 is 10.4 Å². The van der Waals surface area contributed by atoms with Gasteiger partial charge in [-0.25, -0.2) is 9.48 Å². The van der Waals surface area contributed by atoms with E-state index < -0.39 is 23.6 Å². The Labute approximate surface area is 200 Å². The maximum atomic E-state index is 13.5. The van der Waals surface area contributed by atoms with Gasteiger partial charge in [-0.15, -0.1) is 0 Å². The molecule has 8 nitrogen and oxygen atoms in total. The number of nitrogens with one attached hydrogen (secondary N) is 1. The van der Waals surface area contributed by atoms with Crippen LogP contribution in [0.3, 0.4) is 0 Å². The molecular weight excluding hydrogens is 444 g/mol. The lowest BCUT2D eigenvalue weighted by Crippen LogP contribution is -2.29. The molecule has 1 aliphatic carbocycles. The van der Waals surface area contributed by atoms with E-state index in [-0.39, 0.29) is 17.7 Å². The zero-order chi connectivity index (χ0) is 24.5. The number of fused-ring (bicyclic) bond motifs is 3. The maximum absolute atomic E-state index is 13.5. The number of hydrogen-bond acceptors (Lipinski definition) is 5. The Morgan fingerprint density at radius 3 is 2.29 bits per heavy atom. The molecule has 0 radical (unpaired) electrons. The molecule has 170 valence electrons. The number of ketones is 1. The molecule has 0 saturated heterocycles. The number of aromatic nitrogens is 2. The first-order valence-corrected chi connectivity index (χ1v) is 10.8. The van der Waals surface area contributed by atoms with Gasteiger partial charge in [0.15, 0.2) is 5.92 Å². The minimum absolute atomic E-state index is 0.0221. The molecule has 0 saturated carbocycles. The Balaban J connectivity index is 1.61. The highest BCUT2D eigenvalue weighted by atomic mass is 16.4. The molecule has 1 atom stereocenters. The molecular formula is C27H18N4O4. The number of para-hydroxylation sites is 2. The second-order valence-corrected chi connectivity index (χ2v) is 8.02. The molecule has 1 heterocycles. The van der Waals surface area contributed by atoms with E-state index in [4.69, 9.17) is 0 Å². The SMILES string of the molecule is N#CC(C(=O)Nc1ccccc1)C(=O)c1nn(-c2ccccc2)c2c1Cc1c(C(=O)O)cccc1-2. The number of aromatic carboxylic acids is 1. The number of hydrogen-bond donors (Lipinski definition) is 2. The predicted molar refractivity (Wildman–Crippen MR) is 127 cm³/mol. The standard InChI is InChI=1S/C27H18N4O4/c28-15-22(26(33)29-16-8-3-1-4-9-16)25(32)23-21-14-20-18(12-7-13-19(20)27(34)35)24(21)31(30-23)17-10-5-2-6-11-17/h1-13,22H,14H2,(H,29,33)(H,34,35). The van der Waals surface area contributed by atoms with E-state index in [1.807, 2.05) is 30.3 Å². The summed E-state index contributed by atoms with van der Waals surface area (Å²) in [5, 5.41) is 26.5. The van der Waals surface area contributed by atoms with Crippen molar-refractivity contribution in [2.45, 2.75) is 6.42 Å². The van der Waals surface area contributed by atoms with Crippen molar-refractivity contribution < 1.29 is 19.5 Å². The lowest BCUT2D eigenvalue weighted by Gasteiger charge is -2.10. The van der Waals surface area contributed by atoms with Crippen LogP contribution < -0.4 is 5.32 Å². The normalized spacial score (nSPS) is 12.2. The Morgan fingerprint density at radius 2 is 1.63 bits per heavy atom. The van der Waals surface area contributed by atoms with Crippen molar-refractivity contribution >= 4 is 23.3 Å². The van der Waals surface area contributed by atoms with Gasteiger partial charge in [0.05, 0.1) is 23.0 Å². The molecule has 2 N–H and O–H groups in total. The van der Waals surface area contributed by atoms with Gasteiger partial charge in [0.2, 0.25) is 11.7 Å². The number of benzene rings is 3. The van der Waals surface area contributed by atoms with Crippen molar-refractivity contribution in [1.29, 1.82) is 5.26 Å². The van der Waals surface area contributed by atoms with Crippen LogP contribution in [-0.4, -0.2) is 32.5 Å². The van der Waals surface area contributed by atoms with Crippen LogP contribution in [-0.2, 0) is 11.2 Å². The Morgan fingerprint density at radius 1 is 0.943 bits per heavy atom. The van der Waals surface area contributed by atoms with Crippen molar-refractivity contribution in [2.24, 2.45) is 5.92 Å². The number of carboxylic acid groups (broad SMARTS) is 1. The van der Waals surface area contributed by atoms with Gasteiger partial charge in [-0.3, -0.25) is 9.59 Å². The van der Waals surface area contributed by atoms with Crippen LogP contribution in [0.4, 0.5) is 5.69 Å². The number of carbonyl (C=O) groups excluding carboxylic acids is 2. The third-order valence-corrected chi connectivity index (χ3v) is 5.93. The Kier molecular flexibility index (Phi) is 5.43. The monoisotopic (exact) mass is 462 g/mol. The molecule has 8 heteroatoms. The van der Waals surface area contributed by atoms with E-state index in [0.29, 0.717) is 33.8 Å². The van der Waals surface area contributed by atoms with Gasteiger partial charge >= 0.3 is 5.97 Å². The molecule has 35 heavy (non-hydrogen) atoms. The fourth-order valence-corrected chi connectivity index (χ4v) is 4.33. The summed E-state index contributed by atoms with van der Waals surface area (Å²) in [5.41, 5.74) is 3.53. The molecule has 1 aromatic heterocycles. The van der Waals surface area contributed by atoms with E-state index >= 15 is 0 Å². The number of rotatable bonds is 6. The molecule has 0 fully saturated rings. The summed E-state index contributed by atoms with van der Waals surface area (Å²) in [6.07, 6.45) is 0.152. The van der Waals surface area contributed by atoms with Crippen LogP contribution >= 0.6 is 0 Å². The van der Waals surface area contributed by atoms with Crippen molar-refractivity contribution in [3.8, 4) is 23.0 Å². The molecule has 4 aromatic rings. The van der Waals surface area contributed by atoms with Crippen molar-refractivity contribution in [3.05, 3.63) is 101 Å². The van der Waals surface area contributed by atoms with Crippen LogP contribution in [0.1, 0.15) is 32.0 Å². The zero-order valence-corrected chi connectivity index (χ0v) is 18.3. The number of nitrogens with zero attached hydrogens (tertiary/aromatic N) is 3. The number of carboxylic acids is 1. The summed E-state index contributed by atoms with van der Waals surface area (Å²) in [4.78, 5) is 38.2. The number of amides is 1. The summed E-state index contributed by atoms with van der Waals surface area (Å²) in [6, 6.07) is 24.4. The Bertz CT molecular complexity index is 1520. The number of carbonyl (C=O) groups is 3. The van der Waals surface area contributed by atoms with E-state index in [2.05, 4.69) is 10.4 Å². The molecule has 1 amide bonds. The van der Waals surface area contributed by atoms with Gasteiger partial charge in [0, 0.05) is 23.2 Å². The minimum atomic E-state index is -1.62. The first kappa shape index (κ1) is 21.8. The molecule has 5 rings (SSSR count). The number of Topliss-reactive ketones (excluding diaryl/α,β-unsaturated/α-hetero) is 1.